The molecule has 1 aliphatic heterocycles. The molecule has 1 N–H and O–H groups in total. The number of benzene rings is 2. The number of hydrogen-bond acceptors (Lipinski definition) is 4. The molecule has 3 rings (SSSR count). The molecule has 1 heterocycles. The van der Waals surface area contributed by atoms with E-state index in [1.807, 2.05) is 24.3 Å². The van der Waals surface area contributed by atoms with Gasteiger partial charge >= 0.3 is 0 Å². The van der Waals surface area contributed by atoms with Gasteiger partial charge in [0.1, 0.15) is 6.61 Å². The highest BCUT2D eigenvalue weighted by molar-refractivity contribution is 5.43. The van der Waals surface area contributed by atoms with Crippen molar-refractivity contribution in [1.29, 1.82) is 0 Å². The summed E-state index contributed by atoms with van der Waals surface area (Å²) in [5.41, 5.74) is 2.41. The monoisotopic (exact) mass is 354 g/mol. The molecule has 0 amide bonds. The normalized spacial score (nSPS) is 15.2. The molecule has 0 spiro atoms. The molecule has 4 nitrogen and oxygen atoms in total. The third-order valence-electron chi connectivity index (χ3n) is 4.95. The minimum Gasteiger partial charge on any atom is -0.493 e. The minimum atomic E-state index is 0.548. The van der Waals surface area contributed by atoms with Gasteiger partial charge in [0.15, 0.2) is 11.5 Å². The first-order valence-electron chi connectivity index (χ1n) is 9.47. The summed E-state index contributed by atoms with van der Waals surface area (Å²) in [6, 6.07) is 16.5. The second kappa shape index (κ2) is 9.60. The van der Waals surface area contributed by atoms with E-state index < -0.39 is 0 Å². The van der Waals surface area contributed by atoms with Gasteiger partial charge in [0.25, 0.3) is 0 Å². The molecule has 4 heteroatoms. The Morgan fingerprint density at radius 1 is 1.00 bits per heavy atom. The molecule has 0 aromatic heterocycles. The van der Waals surface area contributed by atoms with Crippen LogP contribution in [0.15, 0.2) is 48.5 Å². The van der Waals surface area contributed by atoms with Gasteiger partial charge in [-0.25, -0.2) is 0 Å². The molecule has 26 heavy (non-hydrogen) atoms. The zero-order valence-electron chi connectivity index (χ0n) is 15.9. The number of hydrogen-bond donors (Lipinski definition) is 1. The molecule has 1 aliphatic rings. The molecule has 2 aromatic carbocycles. The van der Waals surface area contributed by atoms with Crippen molar-refractivity contribution in [3.63, 3.8) is 0 Å². The Balaban J connectivity index is 1.56. The number of nitrogens with zero attached hydrogens (tertiary/aromatic N) is 1. The van der Waals surface area contributed by atoms with Crippen molar-refractivity contribution in [2.24, 2.45) is 5.92 Å². The van der Waals surface area contributed by atoms with Crippen LogP contribution in [0.2, 0.25) is 0 Å². The lowest BCUT2D eigenvalue weighted by Crippen LogP contribution is -2.34. The van der Waals surface area contributed by atoms with Crippen molar-refractivity contribution in [3.05, 3.63) is 59.7 Å². The number of methoxy groups -OCH3 is 1. The van der Waals surface area contributed by atoms with E-state index in [1.54, 1.807) is 7.11 Å². The Bertz CT molecular complexity index is 669. The molecular formula is C22H30N2O2. The Morgan fingerprint density at radius 3 is 2.50 bits per heavy atom. The lowest BCUT2D eigenvalue weighted by molar-refractivity contribution is 0.234. The van der Waals surface area contributed by atoms with Crippen LogP contribution in [0.25, 0.3) is 0 Å². The minimum absolute atomic E-state index is 0.548. The van der Waals surface area contributed by atoms with Crippen LogP contribution in [0, 0.1) is 5.92 Å². The molecule has 1 saturated heterocycles. The lowest BCUT2D eigenvalue weighted by Gasteiger charge is -2.27. The second-order valence-corrected chi connectivity index (χ2v) is 7.15. The molecule has 0 radical (unpaired) electrons. The molecule has 0 aliphatic carbocycles. The van der Waals surface area contributed by atoms with Gasteiger partial charge in [-0.2, -0.15) is 0 Å². The lowest BCUT2D eigenvalue weighted by atomic mass is 9.97. The fraction of sp³-hybridized carbons (Fsp3) is 0.455. The van der Waals surface area contributed by atoms with Gasteiger partial charge < -0.3 is 19.7 Å². The van der Waals surface area contributed by atoms with Crippen LogP contribution in [-0.2, 0) is 13.2 Å². The number of nitrogens with one attached hydrogen (secondary N) is 1. The first-order chi connectivity index (χ1) is 12.7. The zero-order chi connectivity index (χ0) is 18.2. The molecule has 140 valence electrons. The van der Waals surface area contributed by atoms with Crippen LogP contribution in [0.5, 0.6) is 11.5 Å². The Morgan fingerprint density at radius 2 is 1.77 bits per heavy atom. The van der Waals surface area contributed by atoms with E-state index in [0.717, 1.165) is 49.2 Å². The largest absolute Gasteiger partial charge is 0.493 e. The summed E-state index contributed by atoms with van der Waals surface area (Å²) in [7, 11) is 3.90. The predicted molar refractivity (Wildman–Crippen MR) is 106 cm³/mol. The first kappa shape index (κ1) is 18.7. The number of rotatable bonds is 8. The summed E-state index contributed by atoms with van der Waals surface area (Å²) in [6.07, 6.45) is 2.56. The fourth-order valence-electron chi connectivity index (χ4n) is 3.55. The van der Waals surface area contributed by atoms with Crippen LogP contribution in [0.1, 0.15) is 24.0 Å². The van der Waals surface area contributed by atoms with Gasteiger partial charge in [-0.05, 0) is 62.2 Å². The van der Waals surface area contributed by atoms with E-state index in [0.29, 0.717) is 6.61 Å². The summed E-state index contributed by atoms with van der Waals surface area (Å²) < 4.78 is 11.5. The summed E-state index contributed by atoms with van der Waals surface area (Å²) in [5.74, 6) is 2.39. The second-order valence-electron chi connectivity index (χ2n) is 7.15. The highest BCUT2D eigenvalue weighted by Gasteiger charge is 2.15. The van der Waals surface area contributed by atoms with Crippen molar-refractivity contribution in [2.45, 2.75) is 26.0 Å². The topological polar surface area (TPSA) is 33.7 Å². The molecule has 0 unspecified atom stereocenters. The average Bonchev–Trinajstić information content (AvgIpc) is 2.68. The highest BCUT2D eigenvalue weighted by atomic mass is 16.5. The van der Waals surface area contributed by atoms with Gasteiger partial charge in [0, 0.05) is 13.1 Å². The van der Waals surface area contributed by atoms with Crippen LogP contribution in [0.3, 0.4) is 0 Å². The SMILES string of the molecule is COc1cc(CN(C)CC2CCNCC2)ccc1OCc1ccccc1. The Kier molecular flexibility index (Phi) is 6.92. The van der Waals surface area contributed by atoms with Crippen molar-refractivity contribution < 1.29 is 9.47 Å². The standard InChI is InChI=1S/C22H30N2O2/c1-24(15-18-10-12-23-13-11-18)16-20-8-9-21(22(14-20)25-2)26-17-19-6-4-3-5-7-19/h3-9,14,18,23H,10-13,15-17H2,1-2H3. The van der Waals surface area contributed by atoms with Gasteiger partial charge in [-0.3, -0.25) is 0 Å². The van der Waals surface area contributed by atoms with E-state index in [2.05, 4.69) is 41.5 Å². The number of piperidine rings is 1. The third kappa shape index (κ3) is 5.48. The smallest absolute Gasteiger partial charge is 0.161 e. The van der Waals surface area contributed by atoms with Crippen molar-refractivity contribution in [1.82, 2.24) is 10.2 Å². The number of ether oxygens (including phenoxy) is 2. The third-order valence-corrected chi connectivity index (χ3v) is 4.95. The van der Waals surface area contributed by atoms with Crippen LogP contribution >= 0.6 is 0 Å². The highest BCUT2D eigenvalue weighted by Crippen LogP contribution is 2.29. The Hall–Kier alpha value is -2.04. The van der Waals surface area contributed by atoms with Crippen LogP contribution < -0.4 is 14.8 Å². The maximum absolute atomic E-state index is 5.95. The van der Waals surface area contributed by atoms with Gasteiger partial charge in [-0.1, -0.05) is 36.4 Å². The van der Waals surface area contributed by atoms with E-state index in [-0.39, 0.29) is 0 Å². The van der Waals surface area contributed by atoms with Gasteiger partial charge in [0.2, 0.25) is 0 Å². The van der Waals surface area contributed by atoms with Crippen LogP contribution in [-0.4, -0.2) is 38.7 Å². The van der Waals surface area contributed by atoms with Crippen molar-refractivity contribution in [3.8, 4) is 11.5 Å². The zero-order valence-corrected chi connectivity index (χ0v) is 15.9. The molecule has 0 saturated carbocycles. The first-order valence-corrected chi connectivity index (χ1v) is 9.47. The van der Waals surface area contributed by atoms with E-state index in [1.165, 1.54) is 18.4 Å². The predicted octanol–water partition coefficient (Wildman–Crippen LogP) is 3.71. The molecule has 2 aromatic rings. The van der Waals surface area contributed by atoms with Crippen molar-refractivity contribution in [2.75, 3.05) is 33.8 Å². The van der Waals surface area contributed by atoms with Gasteiger partial charge in [-0.15, -0.1) is 0 Å². The van der Waals surface area contributed by atoms with Crippen LogP contribution in [0.4, 0.5) is 0 Å². The summed E-state index contributed by atoms with van der Waals surface area (Å²) >= 11 is 0. The maximum Gasteiger partial charge on any atom is 0.161 e. The van der Waals surface area contributed by atoms with E-state index in [4.69, 9.17) is 9.47 Å². The van der Waals surface area contributed by atoms with Gasteiger partial charge in [0.05, 0.1) is 7.11 Å². The molecule has 1 fully saturated rings. The van der Waals surface area contributed by atoms with Crippen molar-refractivity contribution >= 4 is 0 Å². The summed E-state index contributed by atoms with van der Waals surface area (Å²) in [6.45, 7) is 4.93. The maximum atomic E-state index is 5.95. The fourth-order valence-corrected chi connectivity index (χ4v) is 3.55. The molecule has 0 atom stereocenters. The molecule has 0 bridgehead atoms. The van der Waals surface area contributed by atoms with E-state index in [9.17, 15) is 0 Å². The quantitative estimate of drug-likeness (QED) is 0.784. The average molecular weight is 354 g/mol. The van der Waals surface area contributed by atoms with E-state index >= 15 is 0 Å². The summed E-state index contributed by atoms with van der Waals surface area (Å²) in [5, 5.41) is 3.43. The Labute approximate surface area is 157 Å². The summed E-state index contributed by atoms with van der Waals surface area (Å²) in [4.78, 5) is 2.41. The molecular weight excluding hydrogens is 324 g/mol.